The Morgan fingerprint density at radius 3 is 2.65 bits per heavy atom. The van der Waals surface area contributed by atoms with Crippen LogP contribution in [-0.2, 0) is 12.0 Å². The normalized spacial score (nSPS) is 12.5. The van der Waals surface area contributed by atoms with E-state index in [0.29, 0.717) is 5.92 Å². The molecule has 0 bridgehead atoms. The number of benzene rings is 1. The Hall–Kier alpha value is -1.28. The highest BCUT2D eigenvalue weighted by atomic mass is 16.3. The van der Waals surface area contributed by atoms with Crippen molar-refractivity contribution in [1.29, 1.82) is 0 Å². The molecule has 20 heavy (non-hydrogen) atoms. The van der Waals surface area contributed by atoms with E-state index in [-0.39, 0.29) is 5.41 Å². The van der Waals surface area contributed by atoms with Crippen LogP contribution in [0.25, 0.3) is 11.0 Å². The summed E-state index contributed by atoms with van der Waals surface area (Å²) < 4.78 is 5.67. The van der Waals surface area contributed by atoms with Crippen molar-refractivity contribution in [2.24, 2.45) is 5.92 Å². The Balaban J connectivity index is 2.26. The van der Waals surface area contributed by atoms with Crippen LogP contribution < -0.4 is 5.32 Å². The second-order valence-corrected chi connectivity index (χ2v) is 6.73. The number of furan rings is 1. The Labute approximate surface area is 122 Å². The fourth-order valence-electron chi connectivity index (χ4n) is 2.34. The molecule has 2 aromatic rings. The minimum absolute atomic E-state index is 0.216. The van der Waals surface area contributed by atoms with E-state index in [2.05, 4.69) is 58.1 Å². The van der Waals surface area contributed by atoms with Crippen LogP contribution in [0.2, 0.25) is 0 Å². The van der Waals surface area contributed by atoms with Crippen LogP contribution >= 0.6 is 0 Å². The van der Waals surface area contributed by atoms with Gasteiger partial charge in [0.05, 0.1) is 6.26 Å². The molecule has 0 atom stereocenters. The van der Waals surface area contributed by atoms with Gasteiger partial charge in [-0.15, -0.1) is 0 Å². The van der Waals surface area contributed by atoms with Gasteiger partial charge in [0.15, 0.2) is 0 Å². The summed E-state index contributed by atoms with van der Waals surface area (Å²) in [5.74, 6) is 0.669. The van der Waals surface area contributed by atoms with Gasteiger partial charge in [0.25, 0.3) is 0 Å². The summed E-state index contributed by atoms with van der Waals surface area (Å²) in [6.45, 7) is 13.2. The number of hydrogen-bond acceptors (Lipinski definition) is 2. The topological polar surface area (TPSA) is 25.2 Å². The molecule has 0 fully saturated rings. The van der Waals surface area contributed by atoms with Gasteiger partial charge in [0.2, 0.25) is 0 Å². The maximum absolute atomic E-state index is 5.67. The van der Waals surface area contributed by atoms with E-state index in [4.69, 9.17) is 4.42 Å². The molecule has 2 rings (SSSR count). The quantitative estimate of drug-likeness (QED) is 0.812. The van der Waals surface area contributed by atoms with E-state index < -0.39 is 0 Å². The molecule has 0 radical (unpaired) electrons. The third kappa shape index (κ3) is 3.24. The maximum atomic E-state index is 5.67. The third-order valence-corrected chi connectivity index (χ3v) is 4.19. The average molecular weight is 273 g/mol. The predicted octanol–water partition coefficient (Wildman–Crippen LogP) is 4.87. The molecule has 0 spiro atoms. The summed E-state index contributed by atoms with van der Waals surface area (Å²) in [6.07, 6.45) is 3.03. The van der Waals surface area contributed by atoms with Crippen LogP contribution in [-0.4, -0.2) is 6.54 Å². The van der Waals surface area contributed by atoms with Crippen LogP contribution in [0.1, 0.15) is 52.2 Å². The third-order valence-electron chi connectivity index (χ3n) is 4.19. The predicted molar refractivity (Wildman–Crippen MR) is 86.1 cm³/mol. The first-order chi connectivity index (χ1) is 9.44. The average Bonchev–Trinajstić information content (AvgIpc) is 2.81. The van der Waals surface area contributed by atoms with Crippen molar-refractivity contribution in [3.63, 3.8) is 0 Å². The number of fused-ring (bicyclic) bond motifs is 1. The Morgan fingerprint density at radius 2 is 2.00 bits per heavy atom. The zero-order valence-electron chi connectivity index (χ0n) is 13.4. The molecule has 0 aliphatic carbocycles. The molecule has 1 aromatic heterocycles. The van der Waals surface area contributed by atoms with E-state index in [1.807, 2.05) is 6.26 Å². The molecule has 2 nitrogen and oxygen atoms in total. The first-order valence-corrected chi connectivity index (χ1v) is 7.65. The summed E-state index contributed by atoms with van der Waals surface area (Å²) in [5.41, 5.74) is 3.85. The lowest BCUT2D eigenvalue weighted by Gasteiger charge is -2.23. The highest BCUT2D eigenvalue weighted by molar-refractivity contribution is 5.82. The van der Waals surface area contributed by atoms with Gasteiger partial charge in [-0.3, -0.25) is 0 Å². The standard InChI is InChI=1S/C18H27NO/c1-6-18(4,5)15-7-8-17-16(9-15)14(12-20-17)11-19-10-13(2)3/h7-9,12-13,19H,6,10-11H2,1-5H3. The van der Waals surface area contributed by atoms with E-state index in [0.717, 1.165) is 25.1 Å². The number of nitrogens with one attached hydrogen (secondary N) is 1. The Bertz CT molecular complexity index is 566. The van der Waals surface area contributed by atoms with Crippen molar-refractivity contribution in [3.05, 3.63) is 35.6 Å². The summed E-state index contributed by atoms with van der Waals surface area (Å²) in [4.78, 5) is 0. The van der Waals surface area contributed by atoms with Crippen molar-refractivity contribution < 1.29 is 4.42 Å². The van der Waals surface area contributed by atoms with Gasteiger partial charge >= 0.3 is 0 Å². The molecular weight excluding hydrogens is 246 g/mol. The molecule has 0 saturated carbocycles. The zero-order valence-corrected chi connectivity index (χ0v) is 13.4. The zero-order chi connectivity index (χ0) is 14.8. The molecule has 0 aliphatic heterocycles. The van der Waals surface area contributed by atoms with Crippen LogP contribution in [0.5, 0.6) is 0 Å². The van der Waals surface area contributed by atoms with Crippen LogP contribution in [0.3, 0.4) is 0 Å². The molecule has 0 saturated heterocycles. The van der Waals surface area contributed by atoms with Gasteiger partial charge in [-0.05, 0) is 42.0 Å². The Kier molecular flexibility index (Phi) is 4.54. The monoisotopic (exact) mass is 273 g/mol. The van der Waals surface area contributed by atoms with Crippen LogP contribution in [0.4, 0.5) is 0 Å². The van der Waals surface area contributed by atoms with Crippen molar-refractivity contribution in [2.45, 2.75) is 53.0 Å². The first kappa shape index (κ1) is 15.1. The highest BCUT2D eigenvalue weighted by Gasteiger charge is 2.19. The number of rotatable bonds is 6. The van der Waals surface area contributed by atoms with Gasteiger partial charge in [0.1, 0.15) is 5.58 Å². The first-order valence-electron chi connectivity index (χ1n) is 7.65. The summed E-state index contributed by atoms with van der Waals surface area (Å²) in [6, 6.07) is 6.60. The minimum atomic E-state index is 0.216. The van der Waals surface area contributed by atoms with Crippen molar-refractivity contribution in [3.8, 4) is 0 Å². The number of hydrogen-bond donors (Lipinski definition) is 1. The van der Waals surface area contributed by atoms with Gasteiger partial charge in [-0.25, -0.2) is 0 Å². The molecule has 0 unspecified atom stereocenters. The van der Waals surface area contributed by atoms with E-state index in [9.17, 15) is 0 Å². The second kappa shape index (κ2) is 6.01. The fraction of sp³-hybridized carbons (Fsp3) is 0.556. The van der Waals surface area contributed by atoms with Crippen molar-refractivity contribution >= 4 is 11.0 Å². The largest absolute Gasteiger partial charge is 0.464 e. The van der Waals surface area contributed by atoms with Crippen molar-refractivity contribution in [2.75, 3.05) is 6.54 Å². The van der Waals surface area contributed by atoms with Crippen molar-refractivity contribution in [1.82, 2.24) is 5.32 Å². The van der Waals surface area contributed by atoms with Crippen LogP contribution in [0.15, 0.2) is 28.9 Å². The molecule has 0 aliphatic rings. The second-order valence-electron chi connectivity index (χ2n) is 6.73. The minimum Gasteiger partial charge on any atom is -0.464 e. The lowest BCUT2D eigenvalue weighted by atomic mass is 9.82. The molecule has 110 valence electrons. The fourth-order valence-corrected chi connectivity index (χ4v) is 2.34. The molecule has 1 N–H and O–H groups in total. The summed E-state index contributed by atoms with van der Waals surface area (Å²) in [7, 11) is 0. The van der Waals surface area contributed by atoms with Crippen LogP contribution in [0, 0.1) is 5.92 Å². The lowest BCUT2D eigenvalue weighted by Crippen LogP contribution is -2.19. The SMILES string of the molecule is CCC(C)(C)c1ccc2occ(CNCC(C)C)c2c1. The molecular formula is C18H27NO. The van der Waals surface area contributed by atoms with Gasteiger partial charge < -0.3 is 9.73 Å². The maximum Gasteiger partial charge on any atom is 0.134 e. The van der Waals surface area contributed by atoms with E-state index in [1.54, 1.807) is 0 Å². The van der Waals surface area contributed by atoms with Gasteiger partial charge in [0, 0.05) is 17.5 Å². The molecule has 0 amide bonds. The summed E-state index contributed by atoms with van der Waals surface area (Å²) in [5, 5.41) is 4.74. The molecule has 2 heteroatoms. The highest BCUT2D eigenvalue weighted by Crippen LogP contribution is 2.31. The van der Waals surface area contributed by atoms with E-state index in [1.165, 1.54) is 16.5 Å². The molecule has 1 heterocycles. The lowest BCUT2D eigenvalue weighted by molar-refractivity contribution is 0.506. The molecule has 1 aromatic carbocycles. The van der Waals surface area contributed by atoms with Gasteiger partial charge in [-0.1, -0.05) is 40.7 Å². The smallest absolute Gasteiger partial charge is 0.134 e. The Morgan fingerprint density at radius 1 is 1.25 bits per heavy atom. The summed E-state index contributed by atoms with van der Waals surface area (Å²) >= 11 is 0. The van der Waals surface area contributed by atoms with E-state index >= 15 is 0 Å². The van der Waals surface area contributed by atoms with Gasteiger partial charge in [-0.2, -0.15) is 0 Å².